The molecule has 1 heterocycles. The molecule has 3 N–H and O–H groups in total. The Balaban J connectivity index is 1.21. The molecule has 10 heteroatoms. The Morgan fingerprint density at radius 2 is 1.43 bits per heavy atom. The highest BCUT2D eigenvalue weighted by molar-refractivity contribution is 7.80. The number of ether oxygens (including phenoxy) is 2. The lowest BCUT2D eigenvalue weighted by Gasteiger charge is -2.11. The first kappa shape index (κ1) is 24.5. The topological polar surface area (TPSA) is 88.7 Å². The average Bonchev–Trinajstić information content (AvgIpc) is 3.23. The molecule has 0 unspecified atom stereocenters. The van der Waals surface area contributed by atoms with Crippen LogP contribution in [0.4, 0.5) is 0 Å². The summed E-state index contributed by atoms with van der Waals surface area (Å²) in [5, 5.41) is 3.63. The molecule has 2 amide bonds. The number of halogens is 1. The van der Waals surface area contributed by atoms with E-state index >= 15 is 0 Å². The highest BCUT2D eigenvalue weighted by Crippen LogP contribution is 2.34. The number of fused-ring (bicyclic) bond motifs is 1. The second kappa shape index (κ2) is 11.7. The molecule has 0 aliphatic heterocycles. The van der Waals surface area contributed by atoms with Crippen molar-refractivity contribution in [1.29, 1.82) is 0 Å². The standard InChI is InChI=1S/C25H20ClN3O4S2/c26-21-19-8-4-5-9-20(19)35-22(21)24(31)28-29-25(34)27-23(30)16-10-12-18(13-11-16)33-15-14-32-17-6-2-1-3-7-17/h1-13H,14-15H2,(H,28,31)(H2,27,29,30,34). The Hall–Kier alpha value is -3.66. The van der Waals surface area contributed by atoms with Crippen LogP contribution in [0, 0.1) is 0 Å². The number of hydrazine groups is 1. The van der Waals surface area contributed by atoms with Gasteiger partial charge in [-0.1, -0.05) is 48.0 Å². The van der Waals surface area contributed by atoms with Crippen molar-refractivity contribution in [3.8, 4) is 11.5 Å². The average molecular weight is 526 g/mol. The molecule has 4 aromatic rings. The predicted octanol–water partition coefficient (Wildman–Crippen LogP) is 4.96. The second-order valence-electron chi connectivity index (χ2n) is 7.14. The number of rotatable bonds is 7. The van der Waals surface area contributed by atoms with E-state index in [1.165, 1.54) is 11.3 Å². The number of para-hydroxylation sites is 1. The summed E-state index contributed by atoms with van der Waals surface area (Å²) in [6.07, 6.45) is 0. The SMILES string of the molecule is O=C(NC(=S)NNC(=O)c1sc2ccccc2c1Cl)c1ccc(OCCOc2ccccc2)cc1. The molecule has 0 aliphatic rings. The van der Waals surface area contributed by atoms with Crippen LogP contribution in [0.1, 0.15) is 20.0 Å². The predicted molar refractivity (Wildman–Crippen MR) is 141 cm³/mol. The van der Waals surface area contributed by atoms with E-state index in [4.69, 9.17) is 33.3 Å². The van der Waals surface area contributed by atoms with E-state index in [-0.39, 0.29) is 5.11 Å². The number of thiocarbonyl (C=S) groups is 1. The van der Waals surface area contributed by atoms with Gasteiger partial charge in [-0.2, -0.15) is 0 Å². The Morgan fingerprint density at radius 3 is 2.11 bits per heavy atom. The Kier molecular flexibility index (Phi) is 8.15. The fourth-order valence-electron chi connectivity index (χ4n) is 3.08. The van der Waals surface area contributed by atoms with E-state index < -0.39 is 11.8 Å². The minimum Gasteiger partial charge on any atom is -0.490 e. The fraction of sp³-hybridized carbons (Fsp3) is 0.0800. The number of carbonyl (C=O) groups is 2. The molecule has 178 valence electrons. The maximum atomic E-state index is 12.5. The van der Waals surface area contributed by atoms with E-state index in [0.29, 0.717) is 34.4 Å². The van der Waals surface area contributed by atoms with Crippen LogP contribution in [0.5, 0.6) is 11.5 Å². The van der Waals surface area contributed by atoms with Gasteiger partial charge in [-0.3, -0.25) is 25.8 Å². The summed E-state index contributed by atoms with van der Waals surface area (Å²) in [4.78, 5) is 25.3. The van der Waals surface area contributed by atoms with E-state index in [1.54, 1.807) is 24.3 Å². The fourth-order valence-corrected chi connectivity index (χ4v) is 4.63. The molecule has 35 heavy (non-hydrogen) atoms. The molecule has 0 aliphatic carbocycles. The molecule has 0 radical (unpaired) electrons. The molecule has 7 nitrogen and oxygen atoms in total. The van der Waals surface area contributed by atoms with Crippen LogP contribution in [0.25, 0.3) is 10.1 Å². The third-order valence-electron chi connectivity index (χ3n) is 4.74. The zero-order chi connectivity index (χ0) is 24.6. The maximum Gasteiger partial charge on any atom is 0.281 e. The molecular weight excluding hydrogens is 506 g/mol. The molecule has 0 bridgehead atoms. The van der Waals surface area contributed by atoms with Crippen LogP contribution in [0.2, 0.25) is 5.02 Å². The first-order valence-corrected chi connectivity index (χ1v) is 12.1. The molecule has 0 atom stereocenters. The van der Waals surface area contributed by atoms with E-state index in [2.05, 4.69) is 16.2 Å². The smallest absolute Gasteiger partial charge is 0.281 e. The number of hydrogen-bond acceptors (Lipinski definition) is 6. The van der Waals surface area contributed by atoms with Crippen LogP contribution in [0.15, 0.2) is 78.9 Å². The van der Waals surface area contributed by atoms with E-state index in [0.717, 1.165) is 15.8 Å². The monoisotopic (exact) mass is 525 g/mol. The third kappa shape index (κ3) is 6.48. The molecule has 0 saturated carbocycles. The van der Waals surface area contributed by atoms with Gasteiger partial charge in [0.15, 0.2) is 5.11 Å². The van der Waals surface area contributed by atoms with Gasteiger partial charge in [0, 0.05) is 15.6 Å². The van der Waals surface area contributed by atoms with Crippen molar-refractivity contribution in [2.24, 2.45) is 0 Å². The van der Waals surface area contributed by atoms with Crippen LogP contribution in [-0.4, -0.2) is 30.1 Å². The lowest BCUT2D eigenvalue weighted by atomic mass is 10.2. The summed E-state index contributed by atoms with van der Waals surface area (Å²) in [5.74, 6) is 0.489. The second-order valence-corrected chi connectivity index (χ2v) is 8.98. The van der Waals surface area contributed by atoms with Crippen molar-refractivity contribution >= 4 is 62.2 Å². The van der Waals surface area contributed by atoms with Gasteiger partial charge in [0.2, 0.25) is 0 Å². The molecule has 0 fully saturated rings. The highest BCUT2D eigenvalue weighted by Gasteiger charge is 2.17. The van der Waals surface area contributed by atoms with Crippen molar-refractivity contribution in [3.63, 3.8) is 0 Å². The molecule has 0 spiro atoms. The van der Waals surface area contributed by atoms with Crippen LogP contribution in [0.3, 0.4) is 0 Å². The first-order valence-electron chi connectivity index (χ1n) is 10.5. The third-order valence-corrected chi connectivity index (χ3v) is 6.62. The number of nitrogens with one attached hydrogen (secondary N) is 3. The number of thiophene rings is 1. The zero-order valence-corrected chi connectivity index (χ0v) is 20.6. The van der Waals surface area contributed by atoms with Crippen molar-refractivity contribution < 1.29 is 19.1 Å². The van der Waals surface area contributed by atoms with Gasteiger partial charge in [0.05, 0.1) is 5.02 Å². The minimum atomic E-state index is -0.453. The number of benzene rings is 3. The molecular formula is C25H20ClN3O4S2. The number of amides is 2. The van der Waals surface area contributed by atoms with Gasteiger partial charge in [0.25, 0.3) is 11.8 Å². The van der Waals surface area contributed by atoms with Gasteiger partial charge < -0.3 is 9.47 Å². The summed E-state index contributed by atoms with van der Waals surface area (Å²) < 4.78 is 12.1. The number of hydrogen-bond donors (Lipinski definition) is 3. The van der Waals surface area contributed by atoms with Crippen LogP contribution in [-0.2, 0) is 0 Å². The van der Waals surface area contributed by atoms with Crippen LogP contribution >= 0.6 is 35.2 Å². The summed E-state index contributed by atoms with van der Waals surface area (Å²) in [7, 11) is 0. The quantitative estimate of drug-likeness (QED) is 0.179. The van der Waals surface area contributed by atoms with Crippen LogP contribution < -0.4 is 25.6 Å². The molecule has 1 aromatic heterocycles. The Bertz CT molecular complexity index is 1340. The summed E-state index contributed by atoms with van der Waals surface area (Å²) in [5.41, 5.74) is 5.35. The minimum absolute atomic E-state index is 0.0565. The summed E-state index contributed by atoms with van der Waals surface area (Å²) in [6, 6.07) is 23.5. The zero-order valence-electron chi connectivity index (χ0n) is 18.2. The molecule has 0 saturated heterocycles. The Morgan fingerprint density at radius 1 is 0.800 bits per heavy atom. The van der Waals surface area contributed by atoms with Gasteiger partial charge in [-0.15, -0.1) is 11.3 Å². The van der Waals surface area contributed by atoms with Crippen molar-refractivity contribution in [3.05, 3.63) is 94.3 Å². The summed E-state index contributed by atoms with van der Waals surface area (Å²) in [6.45, 7) is 0.753. The van der Waals surface area contributed by atoms with Gasteiger partial charge in [-0.05, 0) is 54.7 Å². The van der Waals surface area contributed by atoms with Crippen molar-refractivity contribution in [1.82, 2.24) is 16.2 Å². The van der Waals surface area contributed by atoms with E-state index in [1.807, 2.05) is 54.6 Å². The van der Waals surface area contributed by atoms with Crippen molar-refractivity contribution in [2.45, 2.75) is 0 Å². The lowest BCUT2D eigenvalue weighted by Crippen LogP contribution is -2.48. The lowest BCUT2D eigenvalue weighted by molar-refractivity contribution is 0.0938. The van der Waals surface area contributed by atoms with E-state index in [9.17, 15) is 9.59 Å². The summed E-state index contributed by atoms with van der Waals surface area (Å²) >= 11 is 12.7. The normalized spacial score (nSPS) is 10.4. The van der Waals surface area contributed by atoms with Gasteiger partial charge >= 0.3 is 0 Å². The molecule has 4 rings (SSSR count). The van der Waals surface area contributed by atoms with Crippen molar-refractivity contribution in [2.75, 3.05) is 13.2 Å². The Labute approximate surface area is 216 Å². The first-order chi connectivity index (χ1) is 17.0. The largest absolute Gasteiger partial charge is 0.490 e. The van der Waals surface area contributed by atoms with Gasteiger partial charge in [-0.25, -0.2) is 0 Å². The number of carbonyl (C=O) groups excluding carboxylic acids is 2. The highest BCUT2D eigenvalue weighted by atomic mass is 35.5. The van der Waals surface area contributed by atoms with Gasteiger partial charge in [0.1, 0.15) is 29.6 Å². The molecule has 3 aromatic carbocycles. The maximum absolute atomic E-state index is 12.5.